The summed E-state index contributed by atoms with van der Waals surface area (Å²) in [5, 5.41) is 10.6. The van der Waals surface area contributed by atoms with Crippen LogP contribution >= 0.6 is 0 Å². The standard InChI is InChI=1S/C25H27NO5/c1-3-4-16-26-23(19-11-13-20(14-12-19)31-17(2)27)22(24(29)25(26)30)21(28)15-10-18-8-6-5-7-9-18/h5-9,11-14,23,29H,3-4,10,15-16H2,1-2H3. The van der Waals surface area contributed by atoms with E-state index in [1.54, 1.807) is 29.2 Å². The minimum atomic E-state index is -0.659. The molecule has 31 heavy (non-hydrogen) atoms. The number of carbonyl (C=O) groups is 3. The van der Waals surface area contributed by atoms with E-state index in [0.29, 0.717) is 24.3 Å². The average molecular weight is 421 g/mol. The maximum absolute atomic E-state index is 13.1. The summed E-state index contributed by atoms with van der Waals surface area (Å²) >= 11 is 0. The molecule has 2 aromatic carbocycles. The lowest BCUT2D eigenvalue weighted by atomic mass is 9.93. The van der Waals surface area contributed by atoms with E-state index in [9.17, 15) is 19.5 Å². The van der Waals surface area contributed by atoms with Crippen molar-refractivity contribution in [2.45, 2.75) is 45.6 Å². The van der Waals surface area contributed by atoms with E-state index in [0.717, 1.165) is 18.4 Å². The summed E-state index contributed by atoms with van der Waals surface area (Å²) in [7, 11) is 0. The number of amides is 1. The molecule has 0 spiro atoms. The van der Waals surface area contributed by atoms with E-state index >= 15 is 0 Å². The Balaban J connectivity index is 1.89. The van der Waals surface area contributed by atoms with Gasteiger partial charge in [-0.15, -0.1) is 0 Å². The molecule has 1 aliphatic heterocycles. The number of ether oxygens (including phenoxy) is 1. The summed E-state index contributed by atoms with van der Waals surface area (Å²) in [5.41, 5.74) is 1.84. The summed E-state index contributed by atoms with van der Waals surface area (Å²) in [5.74, 6) is -1.29. The molecule has 0 bridgehead atoms. The van der Waals surface area contributed by atoms with Crippen molar-refractivity contribution in [3.63, 3.8) is 0 Å². The number of carbonyl (C=O) groups excluding carboxylic acids is 3. The molecule has 0 aliphatic carbocycles. The molecule has 1 aliphatic rings. The summed E-state index contributed by atoms with van der Waals surface area (Å²) in [6.45, 7) is 3.77. The number of aliphatic hydroxyl groups excluding tert-OH is 1. The molecule has 162 valence electrons. The van der Waals surface area contributed by atoms with Gasteiger partial charge in [-0.25, -0.2) is 0 Å². The van der Waals surface area contributed by atoms with Crippen molar-refractivity contribution < 1.29 is 24.2 Å². The van der Waals surface area contributed by atoms with Gasteiger partial charge in [0, 0.05) is 19.9 Å². The van der Waals surface area contributed by atoms with Crippen LogP contribution in [0.5, 0.6) is 5.75 Å². The molecular formula is C25H27NO5. The lowest BCUT2D eigenvalue weighted by Crippen LogP contribution is -2.32. The maximum atomic E-state index is 13.1. The molecule has 1 amide bonds. The van der Waals surface area contributed by atoms with Gasteiger partial charge in [-0.05, 0) is 36.1 Å². The molecule has 0 radical (unpaired) electrons. The summed E-state index contributed by atoms with van der Waals surface area (Å²) < 4.78 is 5.08. The van der Waals surface area contributed by atoms with Gasteiger partial charge in [0.1, 0.15) is 5.75 Å². The predicted octanol–water partition coefficient (Wildman–Crippen LogP) is 4.31. The van der Waals surface area contributed by atoms with Crippen LogP contribution in [-0.4, -0.2) is 34.2 Å². The molecule has 1 unspecified atom stereocenters. The van der Waals surface area contributed by atoms with Gasteiger partial charge >= 0.3 is 5.97 Å². The van der Waals surface area contributed by atoms with Gasteiger partial charge in [-0.3, -0.25) is 14.4 Å². The molecule has 0 aromatic heterocycles. The zero-order valence-electron chi connectivity index (χ0n) is 17.8. The first-order chi connectivity index (χ1) is 14.9. The Bertz CT molecular complexity index is 979. The van der Waals surface area contributed by atoms with E-state index in [2.05, 4.69) is 0 Å². The molecule has 1 atom stereocenters. The summed E-state index contributed by atoms with van der Waals surface area (Å²) in [6, 6.07) is 15.7. The lowest BCUT2D eigenvalue weighted by Gasteiger charge is -2.27. The predicted molar refractivity (Wildman–Crippen MR) is 117 cm³/mol. The molecule has 2 aromatic rings. The van der Waals surface area contributed by atoms with Crippen LogP contribution in [0.4, 0.5) is 0 Å². The lowest BCUT2D eigenvalue weighted by molar-refractivity contribution is -0.132. The molecule has 0 fully saturated rings. The highest BCUT2D eigenvalue weighted by Crippen LogP contribution is 2.39. The van der Waals surface area contributed by atoms with E-state index in [1.807, 2.05) is 37.3 Å². The number of hydrogen-bond acceptors (Lipinski definition) is 5. The van der Waals surface area contributed by atoms with Crippen LogP contribution in [0.2, 0.25) is 0 Å². The Labute approximate surface area is 182 Å². The number of Topliss-reactive ketones (excluding diaryl/α,β-unsaturated/α-hetero) is 1. The number of ketones is 1. The number of nitrogens with zero attached hydrogens (tertiary/aromatic N) is 1. The van der Waals surface area contributed by atoms with Crippen LogP contribution in [0.25, 0.3) is 0 Å². The third-order valence-electron chi connectivity index (χ3n) is 5.30. The molecular weight excluding hydrogens is 394 g/mol. The third-order valence-corrected chi connectivity index (χ3v) is 5.30. The second-order valence-corrected chi connectivity index (χ2v) is 7.59. The SMILES string of the molecule is CCCCN1C(=O)C(O)=C(C(=O)CCc2ccccc2)C1c1ccc(OC(C)=O)cc1. The highest BCUT2D eigenvalue weighted by molar-refractivity contribution is 6.09. The van der Waals surface area contributed by atoms with Crippen molar-refractivity contribution in [2.24, 2.45) is 0 Å². The van der Waals surface area contributed by atoms with E-state index in [1.165, 1.54) is 6.92 Å². The number of unbranched alkanes of at least 4 members (excludes halogenated alkanes) is 1. The van der Waals surface area contributed by atoms with Crippen LogP contribution in [0.15, 0.2) is 65.9 Å². The fourth-order valence-electron chi connectivity index (χ4n) is 3.77. The fraction of sp³-hybridized carbons (Fsp3) is 0.320. The van der Waals surface area contributed by atoms with Gasteiger partial charge in [0.25, 0.3) is 5.91 Å². The van der Waals surface area contributed by atoms with E-state index in [-0.39, 0.29) is 17.8 Å². The summed E-state index contributed by atoms with van der Waals surface area (Å²) in [4.78, 5) is 38.6. The Morgan fingerprint density at radius 1 is 1.06 bits per heavy atom. The number of hydrogen-bond donors (Lipinski definition) is 1. The monoisotopic (exact) mass is 421 g/mol. The Morgan fingerprint density at radius 3 is 2.35 bits per heavy atom. The van der Waals surface area contributed by atoms with E-state index < -0.39 is 23.7 Å². The van der Waals surface area contributed by atoms with Crippen molar-refractivity contribution in [1.82, 2.24) is 4.90 Å². The van der Waals surface area contributed by atoms with Gasteiger partial charge in [0.2, 0.25) is 0 Å². The quantitative estimate of drug-likeness (QED) is 0.482. The Morgan fingerprint density at radius 2 is 1.74 bits per heavy atom. The molecule has 0 saturated heterocycles. The molecule has 6 nitrogen and oxygen atoms in total. The van der Waals surface area contributed by atoms with Crippen LogP contribution in [0.1, 0.15) is 50.3 Å². The van der Waals surface area contributed by atoms with Crippen LogP contribution < -0.4 is 4.74 Å². The molecule has 0 saturated carbocycles. The van der Waals surface area contributed by atoms with E-state index in [4.69, 9.17) is 4.74 Å². The fourth-order valence-corrected chi connectivity index (χ4v) is 3.77. The van der Waals surface area contributed by atoms with Gasteiger partial charge in [-0.1, -0.05) is 55.8 Å². The third kappa shape index (κ3) is 5.20. The zero-order chi connectivity index (χ0) is 22.4. The van der Waals surface area contributed by atoms with Crippen molar-refractivity contribution in [3.8, 4) is 5.75 Å². The number of rotatable bonds is 9. The second kappa shape index (κ2) is 10.1. The Hall–Kier alpha value is -3.41. The molecule has 3 rings (SSSR count). The summed E-state index contributed by atoms with van der Waals surface area (Å²) in [6.07, 6.45) is 2.35. The van der Waals surface area contributed by atoms with Crippen molar-refractivity contribution in [3.05, 3.63) is 77.1 Å². The first-order valence-corrected chi connectivity index (χ1v) is 10.5. The zero-order valence-corrected chi connectivity index (χ0v) is 17.8. The van der Waals surface area contributed by atoms with Gasteiger partial charge in [-0.2, -0.15) is 0 Å². The molecule has 1 heterocycles. The largest absolute Gasteiger partial charge is 0.503 e. The van der Waals surface area contributed by atoms with Crippen LogP contribution in [0, 0.1) is 0 Å². The number of aryl methyl sites for hydroxylation is 1. The smallest absolute Gasteiger partial charge is 0.308 e. The van der Waals surface area contributed by atoms with Crippen LogP contribution in [-0.2, 0) is 20.8 Å². The van der Waals surface area contributed by atoms with Crippen molar-refractivity contribution in [1.29, 1.82) is 0 Å². The number of esters is 1. The number of benzene rings is 2. The number of aliphatic hydroxyl groups is 1. The Kier molecular flexibility index (Phi) is 7.23. The highest BCUT2D eigenvalue weighted by Gasteiger charge is 2.42. The first kappa shape index (κ1) is 22.3. The molecule has 6 heteroatoms. The van der Waals surface area contributed by atoms with Gasteiger partial charge < -0.3 is 14.7 Å². The normalized spacial score (nSPS) is 16.0. The van der Waals surface area contributed by atoms with Crippen molar-refractivity contribution in [2.75, 3.05) is 6.54 Å². The second-order valence-electron chi connectivity index (χ2n) is 7.59. The van der Waals surface area contributed by atoms with Crippen molar-refractivity contribution >= 4 is 17.7 Å². The minimum Gasteiger partial charge on any atom is -0.503 e. The maximum Gasteiger partial charge on any atom is 0.308 e. The topological polar surface area (TPSA) is 83.9 Å². The van der Waals surface area contributed by atoms with Gasteiger partial charge in [0.05, 0.1) is 11.6 Å². The minimum absolute atomic E-state index is 0.136. The first-order valence-electron chi connectivity index (χ1n) is 10.5. The van der Waals surface area contributed by atoms with Gasteiger partial charge in [0.15, 0.2) is 11.5 Å². The molecule has 1 N–H and O–H groups in total. The average Bonchev–Trinajstić information content (AvgIpc) is 3.01. The highest BCUT2D eigenvalue weighted by atomic mass is 16.5. The van der Waals surface area contributed by atoms with Crippen LogP contribution in [0.3, 0.4) is 0 Å².